The van der Waals surface area contributed by atoms with E-state index in [-0.39, 0.29) is 12.5 Å². The molecule has 0 aromatic heterocycles. The van der Waals surface area contributed by atoms with Crippen molar-refractivity contribution < 1.29 is 19.1 Å². The Morgan fingerprint density at radius 3 is 2.16 bits per heavy atom. The molecule has 0 aliphatic carbocycles. The topological polar surface area (TPSA) is 70.2 Å². The third-order valence-electron chi connectivity index (χ3n) is 5.43. The molecule has 0 atom stereocenters. The maximum absolute atomic E-state index is 13.0. The molecule has 4 rings (SSSR count). The molecule has 32 heavy (non-hydrogen) atoms. The van der Waals surface area contributed by atoms with Crippen LogP contribution in [0.2, 0.25) is 10.0 Å². The number of nitrogens with zero attached hydrogens (tertiary/aromatic N) is 3. The number of anilines is 2. The fourth-order valence-electron chi connectivity index (χ4n) is 3.78. The molecule has 0 unspecified atom stereocenters. The predicted octanol–water partition coefficient (Wildman–Crippen LogP) is 3.75. The molecule has 2 aliphatic rings. The minimum absolute atomic E-state index is 0.273. The molecular weight excluding hydrogens is 453 g/mol. The predicted molar refractivity (Wildman–Crippen MR) is 123 cm³/mol. The van der Waals surface area contributed by atoms with E-state index in [1.54, 1.807) is 37.3 Å². The van der Waals surface area contributed by atoms with Gasteiger partial charge in [0.2, 0.25) is 0 Å². The summed E-state index contributed by atoms with van der Waals surface area (Å²) in [5.41, 5.74) is 2.11. The maximum Gasteiger partial charge on any atom is 0.338 e. The molecule has 1 saturated heterocycles. The fraction of sp³-hybridized carbons (Fsp3) is 0.261. The van der Waals surface area contributed by atoms with Crippen LogP contribution in [-0.2, 0) is 14.3 Å². The van der Waals surface area contributed by atoms with Crippen LogP contribution < -0.4 is 9.80 Å². The third-order valence-corrected chi connectivity index (χ3v) is 6.17. The zero-order chi connectivity index (χ0) is 22.8. The van der Waals surface area contributed by atoms with Crippen molar-refractivity contribution >= 4 is 52.4 Å². The van der Waals surface area contributed by atoms with Crippen LogP contribution >= 0.6 is 23.2 Å². The van der Waals surface area contributed by atoms with E-state index >= 15 is 0 Å². The average molecular weight is 474 g/mol. The van der Waals surface area contributed by atoms with Crippen molar-refractivity contribution in [1.29, 1.82) is 0 Å². The molecular formula is C23H21Cl2N3O4. The van der Waals surface area contributed by atoms with Crippen LogP contribution in [0, 0.1) is 0 Å². The second kappa shape index (κ2) is 9.22. The van der Waals surface area contributed by atoms with Crippen molar-refractivity contribution in [3.8, 4) is 0 Å². The van der Waals surface area contributed by atoms with Gasteiger partial charge in [0.1, 0.15) is 5.70 Å². The van der Waals surface area contributed by atoms with Crippen LogP contribution in [0.1, 0.15) is 17.3 Å². The van der Waals surface area contributed by atoms with E-state index in [9.17, 15) is 14.4 Å². The smallest absolute Gasteiger partial charge is 0.338 e. The van der Waals surface area contributed by atoms with Gasteiger partial charge in [0.15, 0.2) is 0 Å². The van der Waals surface area contributed by atoms with E-state index in [1.807, 2.05) is 17.0 Å². The lowest BCUT2D eigenvalue weighted by molar-refractivity contribution is -0.121. The molecule has 0 spiro atoms. The highest BCUT2D eigenvalue weighted by Crippen LogP contribution is 2.29. The van der Waals surface area contributed by atoms with Crippen LogP contribution in [0.4, 0.5) is 11.4 Å². The number of esters is 1. The summed E-state index contributed by atoms with van der Waals surface area (Å²) in [5, 5.41) is 1.00. The fourth-order valence-corrected chi connectivity index (χ4v) is 4.07. The first-order valence-corrected chi connectivity index (χ1v) is 11.0. The first kappa shape index (κ1) is 22.2. The number of amides is 2. The van der Waals surface area contributed by atoms with E-state index < -0.39 is 11.9 Å². The summed E-state index contributed by atoms with van der Waals surface area (Å²) in [6.07, 6.45) is 1.37. The molecule has 0 radical (unpaired) electrons. The molecule has 0 saturated carbocycles. The summed E-state index contributed by atoms with van der Waals surface area (Å²) >= 11 is 12.1. The minimum Gasteiger partial charge on any atom is -0.462 e. The number of benzene rings is 2. The van der Waals surface area contributed by atoms with Gasteiger partial charge in [0.05, 0.1) is 27.9 Å². The Morgan fingerprint density at radius 2 is 1.53 bits per heavy atom. The van der Waals surface area contributed by atoms with Crippen molar-refractivity contribution in [2.24, 2.45) is 0 Å². The summed E-state index contributed by atoms with van der Waals surface area (Å²) < 4.78 is 4.96. The van der Waals surface area contributed by atoms with Crippen LogP contribution in [-0.4, -0.2) is 55.5 Å². The number of hydrogen-bond acceptors (Lipinski definition) is 6. The first-order chi connectivity index (χ1) is 15.4. The zero-order valence-electron chi connectivity index (χ0n) is 17.4. The van der Waals surface area contributed by atoms with Crippen molar-refractivity contribution in [2.45, 2.75) is 6.92 Å². The Bertz CT molecular complexity index is 1090. The number of hydrogen-bond donors (Lipinski definition) is 0. The zero-order valence-corrected chi connectivity index (χ0v) is 18.9. The highest BCUT2D eigenvalue weighted by atomic mass is 35.5. The molecule has 1 fully saturated rings. The molecule has 2 aliphatic heterocycles. The standard InChI is InChI=1S/C23H21Cl2N3O4/c1-2-32-23(31)15-3-5-16(6-4-15)28-21(29)14-20(22(28)30)27-11-9-26(10-12-27)17-7-8-18(24)19(25)13-17/h3-8,13-14H,2,9-12H2,1H3. The van der Waals surface area contributed by atoms with Gasteiger partial charge in [0, 0.05) is 37.9 Å². The normalized spacial score (nSPS) is 16.5. The summed E-state index contributed by atoms with van der Waals surface area (Å²) in [4.78, 5) is 42.6. The van der Waals surface area contributed by atoms with Crippen molar-refractivity contribution in [2.75, 3.05) is 42.6 Å². The summed E-state index contributed by atoms with van der Waals surface area (Å²) in [6.45, 7) is 4.51. The Balaban J connectivity index is 1.42. The number of halogens is 2. The summed E-state index contributed by atoms with van der Waals surface area (Å²) in [6, 6.07) is 11.7. The number of ether oxygens (including phenoxy) is 1. The Kier molecular flexibility index (Phi) is 6.39. The van der Waals surface area contributed by atoms with Gasteiger partial charge in [0.25, 0.3) is 11.8 Å². The van der Waals surface area contributed by atoms with Gasteiger partial charge in [-0.3, -0.25) is 9.59 Å². The number of imide groups is 1. The van der Waals surface area contributed by atoms with Crippen LogP contribution in [0.5, 0.6) is 0 Å². The lowest BCUT2D eigenvalue weighted by atomic mass is 10.2. The SMILES string of the molecule is CCOC(=O)c1ccc(N2C(=O)C=C(N3CCN(c4ccc(Cl)c(Cl)c4)CC3)C2=O)cc1. The molecule has 9 heteroatoms. The second-order valence-corrected chi connectivity index (χ2v) is 8.16. The second-order valence-electron chi connectivity index (χ2n) is 7.35. The van der Waals surface area contributed by atoms with Gasteiger partial charge in [-0.25, -0.2) is 9.69 Å². The van der Waals surface area contributed by atoms with Crippen molar-refractivity contribution in [3.05, 3.63) is 69.8 Å². The molecule has 2 aromatic rings. The van der Waals surface area contributed by atoms with E-state index in [2.05, 4.69) is 4.90 Å². The van der Waals surface area contributed by atoms with Crippen molar-refractivity contribution in [3.63, 3.8) is 0 Å². The maximum atomic E-state index is 13.0. The third kappa shape index (κ3) is 4.31. The molecule has 0 N–H and O–H groups in total. The number of piperazine rings is 1. The number of carbonyl (C=O) groups is 3. The van der Waals surface area contributed by atoms with Crippen LogP contribution in [0.15, 0.2) is 54.2 Å². The molecule has 2 heterocycles. The van der Waals surface area contributed by atoms with Gasteiger partial charge < -0.3 is 14.5 Å². The van der Waals surface area contributed by atoms with E-state index in [0.717, 1.165) is 10.6 Å². The minimum atomic E-state index is -0.447. The average Bonchev–Trinajstić information content (AvgIpc) is 3.10. The van der Waals surface area contributed by atoms with E-state index in [0.29, 0.717) is 53.2 Å². The lowest BCUT2D eigenvalue weighted by Gasteiger charge is -2.37. The van der Waals surface area contributed by atoms with Crippen LogP contribution in [0.25, 0.3) is 0 Å². The summed E-state index contributed by atoms with van der Waals surface area (Å²) in [5.74, 6) is -1.22. The van der Waals surface area contributed by atoms with E-state index in [4.69, 9.17) is 27.9 Å². The largest absolute Gasteiger partial charge is 0.462 e. The molecule has 2 aromatic carbocycles. The molecule has 166 valence electrons. The van der Waals surface area contributed by atoms with Crippen LogP contribution in [0.3, 0.4) is 0 Å². The lowest BCUT2D eigenvalue weighted by Crippen LogP contribution is -2.47. The molecule has 0 bridgehead atoms. The molecule has 2 amide bonds. The summed E-state index contributed by atoms with van der Waals surface area (Å²) in [7, 11) is 0. The van der Waals surface area contributed by atoms with Gasteiger partial charge >= 0.3 is 5.97 Å². The number of rotatable bonds is 5. The Labute approximate surface area is 195 Å². The van der Waals surface area contributed by atoms with E-state index in [1.165, 1.54) is 6.08 Å². The highest BCUT2D eigenvalue weighted by Gasteiger charge is 2.36. The van der Waals surface area contributed by atoms with Gasteiger partial charge in [-0.1, -0.05) is 23.2 Å². The number of carbonyl (C=O) groups excluding carboxylic acids is 3. The van der Waals surface area contributed by atoms with Gasteiger partial charge in [-0.15, -0.1) is 0 Å². The van der Waals surface area contributed by atoms with Gasteiger partial charge in [-0.2, -0.15) is 0 Å². The monoisotopic (exact) mass is 473 g/mol. The first-order valence-electron chi connectivity index (χ1n) is 10.2. The Hall–Kier alpha value is -3.03. The highest BCUT2D eigenvalue weighted by molar-refractivity contribution is 6.42. The quantitative estimate of drug-likeness (QED) is 0.486. The Morgan fingerprint density at radius 1 is 0.906 bits per heavy atom. The molecule has 7 nitrogen and oxygen atoms in total. The van der Waals surface area contributed by atoms with Gasteiger partial charge in [-0.05, 0) is 49.4 Å². The van der Waals surface area contributed by atoms with Crippen molar-refractivity contribution in [1.82, 2.24) is 4.90 Å².